The Morgan fingerprint density at radius 2 is 1.61 bits per heavy atom. The molecule has 0 atom stereocenters. The largest absolute Gasteiger partial charge is 0.383 e. The van der Waals surface area contributed by atoms with Gasteiger partial charge in [0.05, 0.1) is 16.3 Å². The molecule has 1 aliphatic carbocycles. The first-order valence-corrected chi connectivity index (χ1v) is 14.4. The lowest BCUT2D eigenvalue weighted by molar-refractivity contribution is 0.0828. The van der Waals surface area contributed by atoms with E-state index >= 15 is 0 Å². The number of fused-ring (bicyclic) bond motifs is 2. The Hall–Kier alpha value is -4.15. The standard InChI is InChI=1S/C31H34FN9/c1-39-14-16-40(17-15-39)22-10-12-23(13-11-22)41-18-25(27-29(33)34-19-35-30(27)41)20-6-8-21(9-7-20)36-31-37-26-5-3-2-4-24(26)28(32)38-31/h2-9,18-19,22-23H,10-17H2,1H3,(H2,33,34,35)(H,36,37,38). The van der Waals surface area contributed by atoms with Crippen molar-refractivity contribution in [3.63, 3.8) is 0 Å². The van der Waals surface area contributed by atoms with Crippen LogP contribution < -0.4 is 11.1 Å². The van der Waals surface area contributed by atoms with Crippen LogP contribution in [0.1, 0.15) is 31.7 Å². The second kappa shape index (κ2) is 10.7. The number of aromatic nitrogens is 5. The summed E-state index contributed by atoms with van der Waals surface area (Å²) in [5.41, 5.74) is 10.6. The Labute approximate surface area is 238 Å². The maximum Gasteiger partial charge on any atom is 0.230 e. The molecule has 1 aliphatic heterocycles. The maximum absolute atomic E-state index is 14.5. The number of nitrogens with zero attached hydrogens (tertiary/aromatic N) is 7. The molecule has 0 amide bonds. The summed E-state index contributed by atoms with van der Waals surface area (Å²) in [5.74, 6) is 0.156. The third-order valence-corrected chi connectivity index (χ3v) is 8.76. The Morgan fingerprint density at radius 1 is 0.878 bits per heavy atom. The second-order valence-electron chi connectivity index (χ2n) is 11.3. The molecule has 7 rings (SSSR count). The smallest absolute Gasteiger partial charge is 0.230 e. The van der Waals surface area contributed by atoms with Crippen molar-refractivity contribution < 1.29 is 4.39 Å². The summed E-state index contributed by atoms with van der Waals surface area (Å²) in [4.78, 5) is 22.5. The fraction of sp³-hybridized carbons (Fsp3) is 0.355. The Morgan fingerprint density at radius 3 is 2.39 bits per heavy atom. The van der Waals surface area contributed by atoms with Crippen molar-refractivity contribution in [2.75, 3.05) is 44.3 Å². The number of anilines is 3. The molecule has 0 spiro atoms. The van der Waals surface area contributed by atoms with Gasteiger partial charge in [-0.3, -0.25) is 4.90 Å². The summed E-state index contributed by atoms with van der Waals surface area (Å²) >= 11 is 0. The van der Waals surface area contributed by atoms with Crippen molar-refractivity contribution in [3.8, 4) is 11.1 Å². The molecular formula is C31H34FN9. The van der Waals surface area contributed by atoms with Crippen molar-refractivity contribution in [2.45, 2.75) is 37.8 Å². The van der Waals surface area contributed by atoms with E-state index in [-0.39, 0.29) is 5.95 Å². The second-order valence-corrected chi connectivity index (χ2v) is 11.3. The monoisotopic (exact) mass is 551 g/mol. The molecule has 2 aromatic carbocycles. The number of nitrogens with one attached hydrogen (secondary N) is 1. The lowest BCUT2D eigenvalue weighted by Crippen LogP contribution is -2.49. The van der Waals surface area contributed by atoms with Gasteiger partial charge in [-0.05, 0) is 62.6 Å². The fourth-order valence-electron chi connectivity index (χ4n) is 6.45. The Balaban J connectivity index is 1.13. The van der Waals surface area contributed by atoms with Crippen LogP contribution in [0, 0.1) is 5.95 Å². The van der Waals surface area contributed by atoms with Gasteiger partial charge in [-0.25, -0.2) is 15.0 Å². The molecule has 9 nitrogen and oxygen atoms in total. The van der Waals surface area contributed by atoms with Gasteiger partial charge in [-0.2, -0.15) is 9.37 Å². The van der Waals surface area contributed by atoms with Gasteiger partial charge >= 0.3 is 0 Å². The van der Waals surface area contributed by atoms with Crippen LogP contribution in [0.3, 0.4) is 0 Å². The van der Waals surface area contributed by atoms with Gasteiger partial charge in [-0.15, -0.1) is 0 Å². The van der Waals surface area contributed by atoms with E-state index in [1.54, 1.807) is 24.5 Å². The quantitative estimate of drug-likeness (QED) is 0.286. The van der Waals surface area contributed by atoms with E-state index in [1.807, 2.05) is 30.3 Å². The summed E-state index contributed by atoms with van der Waals surface area (Å²) in [6, 6.07) is 16.0. The first-order valence-electron chi connectivity index (χ1n) is 14.4. The van der Waals surface area contributed by atoms with E-state index in [0.29, 0.717) is 28.8 Å². The van der Waals surface area contributed by atoms with E-state index in [1.165, 1.54) is 25.9 Å². The highest BCUT2D eigenvalue weighted by molar-refractivity contribution is 6.00. The summed E-state index contributed by atoms with van der Waals surface area (Å²) in [6.45, 7) is 4.64. The van der Waals surface area contributed by atoms with Crippen LogP contribution >= 0.6 is 0 Å². The summed E-state index contributed by atoms with van der Waals surface area (Å²) in [6.07, 6.45) is 8.39. The first-order chi connectivity index (χ1) is 20.0. The van der Waals surface area contributed by atoms with Crippen LogP contribution in [0.25, 0.3) is 33.1 Å². The lowest BCUT2D eigenvalue weighted by Gasteiger charge is -2.41. The number of rotatable bonds is 5. The minimum Gasteiger partial charge on any atom is -0.383 e. The minimum absolute atomic E-state index is 0.218. The van der Waals surface area contributed by atoms with Crippen molar-refractivity contribution in [1.82, 2.24) is 34.3 Å². The van der Waals surface area contributed by atoms with Crippen LogP contribution in [0.5, 0.6) is 0 Å². The number of hydrogen-bond donors (Lipinski definition) is 2. The van der Waals surface area contributed by atoms with E-state index in [4.69, 9.17) is 5.73 Å². The van der Waals surface area contributed by atoms with E-state index in [9.17, 15) is 4.39 Å². The molecule has 2 aliphatic rings. The summed E-state index contributed by atoms with van der Waals surface area (Å²) in [5, 5.41) is 4.42. The lowest BCUT2D eigenvalue weighted by atomic mass is 9.89. The van der Waals surface area contributed by atoms with E-state index in [2.05, 4.69) is 52.9 Å². The molecule has 5 aromatic rings. The molecule has 1 saturated carbocycles. The van der Waals surface area contributed by atoms with Crippen LogP contribution in [-0.4, -0.2) is 73.6 Å². The van der Waals surface area contributed by atoms with Gasteiger partial charge in [0, 0.05) is 55.7 Å². The third-order valence-electron chi connectivity index (χ3n) is 8.76. The predicted molar refractivity (Wildman–Crippen MR) is 161 cm³/mol. The molecule has 41 heavy (non-hydrogen) atoms. The number of nitrogen functional groups attached to an aromatic ring is 1. The van der Waals surface area contributed by atoms with Crippen molar-refractivity contribution in [3.05, 3.63) is 67.0 Å². The highest BCUT2D eigenvalue weighted by Crippen LogP contribution is 2.39. The fourth-order valence-corrected chi connectivity index (χ4v) is 6.45. The molecule has 0 bridgehead atoms. The summed E-state index contributed by atoms with van der Waals surface area (Å²) in [7, 11) is 2.21. The van der Waals surface area contributed by atoms with E-state index < -0.39 is 5.95 Å². The molecule has 1 saturated heterocycles. The zero-order valence-corrected chi connectivity index (χ0v) is 23.2. The average molecular weight is 552 g/mol. The van der Waals surface area contributed by atoms with Gasteiger partial charge < -0.3 is 20.5 Å². The van der Waals surface area contributed by atoms with Gasteiger partial charge in [0.15, 0.2) is 0 Å². The number of benzene rings is 2. The molecule has 4 heterocycles. The molecule has 0 radical (unpaired) electrons. The molecule has 0 unspecified atom stereocenters. The van der Waals surface area contributed by atoms with Crippen molar-refractivity contribution in [1.29, 1.82) is 0 Å². The number of para-hydroxylation sites is 1. The van der Waals surface area contributed by atoms with E-state index in [0.717, 1.165) is 53.8 Å². The Kier molecular flexibility index (Phi) is 6.72. The normalized spacial score (nSPS) is 20.5. The van der Waals surface area contributed by atoms with Gasteiger partial charge in [-0.1, -0.05) is 24.3 Å². The number of likely N-dealkylation sites (N-methyl/N-ethyl adjacent to an activating group) is 1. The van der Waals surface area contributed by atoms with Crippen LogP contribution in [0.2, 0.25) is 0 Å². The first kappa shape index (κ1) is 25.8. The highest BCUT2D eigenvalue weighted by atomic mass is 19.1. The molecular weight excluding hydrogens is 517 g/mol. The Bertz CT molecular complexity index is 1680. The predicted octanol–water partition coefficient (Wildman–Crippen LogP) is 5.24. The maximum atomic E-state index is 14.5. The van der Waals surface area contributed by atoms with Gasteiger partial charge in [0.2, 0.25) is 11.9 Å². The van der Waals surface area contributed by atoms with Gasteiger partial charge in [0.25, 0.3) is 0 Å². The molecule has 3 N–H and O–H groups in total. The van der Waals surface area contributed by atoms with Gasteiger partial charge in [0.1, 0.15) is 17.8 Å². The highest BCUT2D eigenvalue weighted by Gasteiger charge is 2.30. The minimum atomic E-state index is -0.546. The molecule has 10 heteroatoms. The topological polar surface area (TPSA) is 101 Å². The van der Waals surface area contributed by atoms with Crippen LogP contribution in [0.4, 0.5) is 21.8 Å². The third kappa shape index (κ3) is 4.98. The zero-order valence-electron chi connectivity index (χ0n) is 23.2. The molecule has 210 valence electrons. The molecule has 2 fully saturated rings. The number of piperazine rings is 1. The number of hydrogen-bond acceptors (Lipinski definition) is 8. The van der Waals surface area contributed by atoms with Crippen molar-refractivity contribution in [2.24, 2.45) is 0 Å². The SMILES string of the molecule is CN1CCN(C2CCC(n3cc(-c4ccc(Nc5nc(F)c6ccccc6n5)cc4)c4c(N)ncnc43)CC2)CC1. The van der Waals surface area contributed by atoms with Crippen LogP contribution in [0.15, 0.2) is 61.1 Å². The number of halogens is 1. The number of nitrogens with two attached hydrogens (primary N) is 1. The van der Waals surface area contributed by atoms with Crippen LogP contribution in [-0.2, 0) is 0 Å². The molecule has 3 aromatic heterocycles. The van der Waals surface area contributed by atoms with Crippen molar-refractivity contribution >= 4 is 39.4 Å². The zero-order chi connectivity index (χ0) is 27.9. The average Bonchev–Trinajstić information content (AvgIpc) is 3.39. The summed E-state index contributed by atoms with van der Waals surface area (Å²) < 4.78 is 16.8.